The predicted molar refractivity (Wildman–Crippen MR) is 88.4 cm³/mol. The van der Waals surface area contributed by atoms with E-state index in [1.165, 1.54) is 18.2 Å². The molecule has 1 aliphatic heterocycles. The Morgan fingerprint density at radius 2 is 2.04 bits per heavy atom. The first-order chi connectivity index (χ1) is 11.6. The first-order valence-corrected chi connectivity index (χ1v) is 8.29. The molecule has 0 unspecified atom stereocenters. The average molecular weight is 337 g/mol. The molecule has 0 radical (unpaired) electrons. The molecule has 132 valence electrons. The van der Waals surface area contributed by atoms with Crippen LogP contribution < -0.4 is 10.6 Å². The monoisotopic (exact) mass is 337 g/mol. The lowest BCUT2D eigenvalue weighted by atomic mass is 10.1. The van der Waals surface area contributed by atoms with Crippen molar-refractivity contribution in [1.29, 1.82) is 0 Å². The van der Waals surface area contributed by atoms with Gasteiger partial charge in [0.15, 0.2) is 0 Å². The number of carbonyl (C=O) groups is 2. The fourth-order valence-corrected chi connectivity index (χ4v) is 2.67. The van der Waals surface area contributed by atoms with Gasteiger partial charge < -0.3 is 20.3 Å². The highest BCUT2D eigenvalue weighted by Gasteiger charge is 2.22. The Bertz CT molecular complexity index is 560. The Morgan fingerprint density at radius 3 is 2.71 bits per heavy atom. The van der Waals surface area contributed by atoms with Gasteiger partial charge in [0.25, 0.3) is 5.91 Å². The molecule has 7 heteroatoms. The van der Waals surface area contributed by atoms with Crippen molar-refractivity contribution in [2.75, 3.05) is 32.8 Å². The summed E-state index contributed by atoms with van der Waals surface area (Å²) in [6.07, 6.45) is 1.46. The highest BCUT2D eigenvalue weighted by Crippen LogP contribution is 2.11. The first kappa shape index (κ1) is 18.2. The van der Waals surface area contributed by atoms with Crippen LogP contribution in [-0.2, 0) is 4.74 Å². The molecule has 0 aliphatic carbocycles. The van der Waals surface area contributed by atoms with Crippen LogP contribution in [0.25, 0.3) is 0 Å². The molecule has 24 heavy (non-hydrogen) atoms. The van der Waals surface area contributed by atoms with Crippen LogP contribution in [0.4, 0.5) is 9.18 Å². The molecule has 1 heterocycles. The largest absolute Gasteiger partial charge is 0.450 e. The highest BCUT2D eigenvalue weighted by molar-refractivity contribution is 5.94. The normalized spacial score (nSPS) is 15.2. The quantitative estimate of drug-likeness (QED) is 0.776. The van der Waals surface area contributed by atoms with Gasteiger partial charge in [-0.3, -0.25) is 4.79 Å². The molecule has 2 rings (SSSR count). The number of hydrogen-bond acceptors (Lipinski definition) is 4. The van der Waals surface area contributed by atoms with Gasteiger partial charge in [0.2, 0.25) is 0 Å². The topological polar surface area (TPSA) is 70.7 Å². The third-order valence-electron chi connectivity index (χ3n) is 3.95. The van der Waals surface area contributed by atoms with Crippen LogP contribution in [-0.4, -0.2) is 55.7 Å². The zero-order chi connectivity index (χ0) is 17.4. The second-order valence-electron chi connectivity index (χ2n) is 5.68. The molecule has 6 nitrogen and oxygen atoms in total. The third kappa shape index (κ3) is 5.49. The van der Waals surface area contributed by atoms with E-state index in [0.29, 0.717) is 44.4 Å². The lowest BCUT2D eigenvalue weighted by molar-refractivity contribution is 0.0931. The number of ether oxygens (including phenoxy) is 1. The maximum absolute atomic E-state index is 13.1. The van der Waals surface area contributed by atoms with Crippen molar-refractivity contribution in [3.05, 3.63) is 35.6 Å². The number of likely N-dealkylation sites (tertiary alicyclic amines) is 1. The Hall–Kier alpha value is -2.15. The van der Waals surface area contributed by atoms with E-state index >= 15 is 0 Å². The predicted octanol–water partition coefficient (Wildman–Crippen LogP) is 1.77. The van der Waals surface area contributed by atoms with Crippen LogP contribution in [0.3, 0.4) is 0 Å². The number of rotatable bonds is 6. The van der Waals surface area contributed by atoms with E-state index in [1.807, 2.05) is 0 Å². The smallest absolute Gasteiger partial charge is 0.409 e. The first-order valence-electron chi connectivity index (χ1n) is 8.29. The highest BCUT2D eigenvalue weighted by atomic mass is 19.1. The summed E-state index contributed by atoms with van der Waals surface area (Å²) in [4.78, 5) is 25.2. The molecule has 1 aliphatic rings. The number of halogens is 1. The Morgan fingerprint density at radius 1 is 1.29 bits per heavy atom. The van der Waals surface area contributed by atoms with E-state index in [0.717, 1.165) is 12.8 Å². The molecule has 1 saturated heterocycles. The molecule has 2 N–H and O–H groups in total. The van der Waals surface area contributed by atoms with Crippen LogP contribution in [0.15, 0.2) is 24.3 Å². The number of piperidine rings is 1. The van der Waals surface area contributed by atoms with Crippen molar-refractivity contribution in [2.24, 2.45) is 0 Å². The molecule has 0 bridgehead atoms. The molecule has 1 aromatic rings. The van der Waals surface area contributed by atoms with Crippen molar-refractivity contribution >= 4 is 12.0 Å². The summed E-state index contributed by atoms with van der Waals surface area (Å²) in [5, 5.41) is 6.12. The van der Waals surface area contributed by atoms with E-state index in [-0.39, 0.29) is 12.0 Å². The van der Waals surface area contributed by atoms with E-state index in [1.54, 1.807) is 17.9 Å². The summed E-state index contributed by atoms with van der Waals surface area (Å²) < 4.78 is 18.1. The Labute approximate surface area is 141 Å². The molecular weight excluding hydrogens is 313 g/mol. The lowest BCUT2D eigenvalue weighted by Gasteiger charge is -2.31. The molecular formula is C17H24FN3O3. The summed E-state index contributed by atoms with van der Waals surface area (Å²) in [7, 11) is 0. The molecule has 0 atom stereocenters. The third-order valence-corrected chi connectivity index (χ3v) is 3.95. The van der Waals surface area contributed by atoms with E-state index < -0.39 is 5.82 Å². The van der Waals surface area contributed by atoms with E-state index in [4.69, 9.17) is 4.74 Å². The molecule has 2 amide bonds. The maximum Gasteiger partial charge on any atom is 0.409 e. The molecule has 0 saturated carbocycles. The number of hydrogen-bond donors (Lipinski definition) is 2. The van der Waals surface area contributed by atoms with Gasteiger partial charge in [-0.2, -0.15) is 0 Å². The van der Waals surface area contributed by atoms with E-state index in [9.17, 15) is 14.0 Å². The van der Waals surface area contributed by atoms with Gasteiger partial charge in [-0.1, -0.05) is 6.07 Å². The Balaban J connectivity index is 1.62. The van der Waals surface area contributed by atoms with Gasteiger partial charge in [0.1, 0.15) is 5.82 Å². The van der Waals surface area contributed by atoms with Gasteiger partial charge in [0, 0.05) is 37.8 Å². The molecule has 0 aromatic heterocycles. The minimum absolute atomic E-state index is 0.252. The van der Waals surface area contributed by atoms with E-state index in [2.05, 4.69) is 10.6 Å². The second kappa shape index (κ2) is 9.22. The van der Waals surface area contributed by atoms with Crippen LogP contribution in [0.1, 0.15) is 30.1 Å². The number of benzene rings is 1. The standard InChI is InChI=1S/C17H24FN3O3/c1-2-24-17(23)21-10-6-15(7-11-21)19-8-9-20-16(22)13-4-3-5-14(18)12-13/h3-5,12,15,19H,2,6-11H2,1H3,(H,20,22). The van der Waals surface area contributed by atoms with Crippen LogP contribution >= 0.6 is 0 Å². The fraction of sp³-hybridized carbons (Fsp3) is 0.529. The van der Waals surface area contributed by atoms with Crippen molar-refractivity contribution < 1.29 is 18.7 Å². The molecule has 0 spiro atoms. The van der Waals surface area contributed by atoms with Gasteiger partial charge in [-0.25, -0.2) is 9.18 Å². The summed E-state index contributed by atoms with van der Waals surface area (Å²) in [6.45, 7) is 4.63. The minimum Gasteiger partial charge on any atom is -0.450 e. The zero-order valence-electron chi connectivity index (χ0n) is 13.9. The number of nitrogens with zero attached hydrogens (tertiary/aromatic N) is 1. The number of nitrogens with one attached hydrogen (secondary N) is 2. The van der Waals surface area contributed by atoms with Gasteiger partial charge >= 0.3 is 6.09 Å². The van der Waals surface area contributed by atoms with Crippen LogP contribution in [0.5, 0.6) is 0 Å². The minimum atomic E-state index is -0.422. The number of carbonyl (C=O) groups excluding carboxylic acids is 2. The summed E-state index contributed by atoms with van der Waals surface area (Å²) >= 11 is 0. The van der Waals surface area contributed by atoms with Crippen LogP contribution in [0, 0.1) is 5.82 Å². The SMILES string of the molecule is CCOC(=O)N1CCC(NCCNC(=O)c2cccc(F)c2)CC1. The van der Waals surface area contributed by atoms with Crippen molar-refractivity contribution in [2.45, 2.75) is 25.8 Å². The lowest BCUT2D eigenvalue weighted by Crippen LogP contribution is -2.46. The summed E-state index contributed by atoms with van der Waals surface area (Å²) in [6, 6.07) is 5.94. The van der Waals surface area contributed by atoms with Crippen molar-refractivity contribution in [3.8, 4) is 0 Å². The van der Waals surface area contributed by atoms with Crippen molar-refractivity contribution in [1.82, 2.24) is 15.5 Å². The van der Waals surface area contributed by atoms with Gasteiger partial charge in [-0.15, -0.1) is 0 Å². The summed E-state index contributed by atoms with van der Waals surface area (Å²) in [5.74, 6) is -0.706. The average Bonchev–Trinajstić information content (AvgIpc) is 2.59. The second-order valence-corrected chi connectivity index (χ2v) is 5.68. The van der Waals surface area contributed by atoms with Gasteiger partial charge in [0.05, 0.1) is 6.61 Å². The Kier molecular flexibility index (Phi) is 6.99. The number of amides is 2. The molecule has 1 fully saturated rings. The maximum atomic E-state index is 13.1. The molecule has 1 aromatic carbocycles. The van der Waals surface area contributed by atoms with Gasteiger partial charge in [-0.05, 0) is 38.0 Å². The van der Waals surface area contributed by atoms with Crippen LogP contribution in [0.2, 0.25) is 0 Å². The van der Waals surface area contributed by atoms with Crippen molar-refractivity contribution in [3.63, 3.8) is 0 Å². The fourth-order valence-electron chi connectivity index (χ4n) is 2.67. The summed E-state index contributed by atoms with van der Waals surface area (Å²) in [5.41, 5.74) is 0.317. The zero-order valence-corrected chi connectivity index (χ0v) is 13.9.